The Kier molecular flexibility index (Phi) is 2.57. The van der Waals surface area contributed by atoms with E-state index in [2.05, 4.69) is 25.4 Å². The lowest BCUT2D eigenvalue weighted by Crippen LogP contribution is -2.06. The molecule has 0 aliphatic carbocycles. The fraction of sp³-hybridized carbons (Fsp3) is 0.333. The van der Waals surface area contributed by atoms with Gasteiger partial charge in [-0.15, -0.1) is 0 Å². The summed E-state index contributed by atoms with van der Waals surface area (Å²) in [6.45, 7) is 4.70. The van der Waals surface area contributed by atoms with E-state index >= 15 is 0 Å². The summed E-state index contributed by atoms with van der Waals surface area (Å²) < 4.78 is 1.61. The van der Waals surface area contributed by atoms with Crippen molar-refractivity contribution in [2.75, 3.05) is 11.9 Å². The minimum atomic E-state index is 0.707. The van der Waals surface area contributed by atoms with Gasteiger partial charge in [-0.1, -0.05) is 0 Å². The highest BCUT2D eigenvalue weighted by atomic mass is 15.3. The molecule has 0 aliphatic rings. The fourth-order valence-electron chi connectivity index (χ4n) is 1.27. The number of nitrogens with zero attached hydrogens (tertiary/aromatic N) is 5. The van der Waals surface area contributed by atoms with Crippen molar-refractivity contribution in [1.82, 2.24) is 24.7 Å². The molecule has 0 atom stereocenters. The van der Waals surface area contributed by atoms with Gasteiger partial charge in [-0.3, -0.25) is 0 Å². The third-order valence-electron chi connectivity index (χ3n) is 1.84. The first kappa shape index (κ1) is 9.57. The molecule has 0 aromatic carbocycles. The number of hydrogen-bond acceptors (Lipinski definition) is 5. The van der Waals surface area contributed by atoms with Gasteiger partial charge in [0.05, 0.1) is 0 Å². The second-order valence-corrected chi connectivity index (χ2v) is 3.03. The largest absolute Gasteiger partial charge is 0.370 e. The monoisotopic (exact) mass is 204 g/mol. The van der Waals surface area contributed by atoms with Crippen molar-refractivity contribution in [2.24, 2.45) is 0 Å². The van der Waals surface area contributed by atoms with Crippen LogP contribution in [0.25, 0.3) is 5.82 Å². The molecule has 6 nitrogen and oxygen atoms in total. The molecular weight excluding hydrogens is 192 g/mol. The quantitative estimate of drug-likeness (QED) is 0.800. The lowest BCUT2D eigenvalue weighted by molar-refractivity contribution is 0.827. The standard InChI is InChI=1S/C9H12N6/c1-3-11-8-4-9(14-7(2)13-8)15-6-10-5-12-15/h4-6H,3H2,1-2H3,(H,11,13,14). The number of anilines is 1. The van der Waals surface area contributed by atoms with Crippen LogP contribution in [0, 0.1) is 6.92 Å². The molecule has 0 bridgehead atoms. The second-order valence-electron chi connectivity index (χ2n) is 3.03. The SMILES string of the molecule is CCNc1cc(-n2cncn2)nc(C)n1. The Bertz CT molecular complexity index is 436. The molecule has 0 unspecified atom stereocenters. The van der Waals surface area contributed by atoms with Crippen molar-refractivity contribution in [1.29, 1.82) is 0 Å². The third kappa shape index (κ3) is 2.09. The van der Waals surface area contributed by atoms with Gasteiger partial charge >= 0.3 is 0 Å². The van der Waals surface area contributed by atoms with E-state index in [-0.39, 0.29) is 0 Å². The van der Waals surface area contributed by atoms with E-state index in [0.29, 0.717) is 5.82 Å². The molecule has 0 aliphatic heterocycles. The van der Waals surface area contributed by atoms with Gasteiger partial charge in [0.25, 0.3) is 0 Å². The summed E-state index contributed by atoms with van der Waals surface area (Å²) in [5, 5.41) is 7.15. The van der Waals surface area contributed by atoms with Crippen LogP contribution in [0.1, 0.15) is 12.7 Å². The molecule has 2 heterocycles. The van der Waals surface area contributed by atoms with Crippen molar-refractivity contribution in [2.45, 2.75) is 13.8 Å². The van der Waals surface area contributed by atoms with Crippen LogP contribution in [0.4, 0.5) is 5.82 Å². The zero-order valence-corrected chi connectivity index (χ0v) is 8.68. The topological polar surface area (TPSA) is 68.5 Å². The summed E-state index contributed by atoms with van der Waals surface area (Å²) in [6.07, 6.45) is 3.09. The highest BCUT2D eigenvalue weighted by molar-refractivity contribution is 5.40. The summed E-state index contributed by atoms with van der Waals surface area (Å²) in [5.74, 6) is 2.23. The van der Waals surface area contributed by atoms with Gasteiger partial charge in [-0.05, 0) is 13.8 Å². The van der Waals surface area contributed by atoms with Crippen molar-refractivity contribution in [3.63, 3.8) is 0 Å². The first-order chi connectivity index (χ1) is 7.29. The lowest BCUT2D eigenvalue weighted by Gasteiger charge is -2.05. The van der Waals surface area contributed by atoms with Crippen molar-refractivity contribution < 1.29 is 0 Å². The molecule has 0 saturated carbocycles. The Morgan fingerprint density at radius 2 is 2.27 bits per heavy atom. The molecule has 6 heteroatoms. The van der Waals surface area contributed by atoms with Crippen LogP contribution in [0.2, 0.25) is 0 Å². The average molecular weight is 204 g/mol. The van der Waals surface area contributed by atoms with Gasteiger partial charge in [-0.2, -0.15) is 5.10 Å². The second kappa shape index (κ2) is 4.04. The Labute approximate surface area is 87.4 Å². The molecule has 0 radical (unpaired) electrons. The van der Waals surface area contributed by atoms with Crippen LogP contribution in [-0.4, -0.2) is 31.3 Å². The third-order valence-corrected chi connectivity index (χ3v) is 1.84. The molecule has 2 aromatic rings. The van der Waals surface area contributed by atoms with E-state index in [9.17, 15) is 0 Å². The number of rotatable bonds is 3. The van der Waals surface area contributed by atoms with Crippen LogP contribution in [0.3, 0.4) is 0 Å². The molecule has 0 saturated heterocycles. The number of nitrogens with one attached hydrogen (secondary N) is 1. The number of aromatic nitrogens is 5. The summed E-state index contributed by atoms with van der Waals surface area (Å²) in [7, 11) is 0. The minimum absolute atomic E-state index is 0.707. The van der Waals surface area contributed by atoms with E-state index in [1.54, 1.807) is 11.0 Å². The average Bonchev–Trinajstić information content (AvgIpc) is 2.70. The summed E-state index contributed by atoms with van der Waals surface area (Å²) in [6, 6.07) is 1.84. The van der Waals surface area contributed by atoms with E-state index in [1.165, 1.54) is 6.33 Å². The predicted molar refractivity (Wildman–Crippen MR) is 55.8 cm³/mol. The smallest absolute Gasteiger partial charge is 0.160 e. The van der Waals surface area contributed by atoms with E-state index in [0.717, 1.165) is 18.2 Å². The molecule has 2 rings (SSSR count). The van der Waals surface area contributed by atoms with Gasteiger partial charge in [0.15, 0.2) is 5.82 Å². The van der Waals surface area contributed by atoms with Crippen molar-refractivity contribution in [3.8, 4) is 5.82 Å². The maximum absolute atomic E-state index is 4.27. The molecule has 15 heavy (non-hydrogen) atoms. The van der Waals surface area contributed by atoms with E-state index < -0.39 is 0 Å². The minimum Gasteiger partial charge on any atom is -0.370 e. The summed E-state index contributed by atoms with van der Waals surface area (Å²) in [5.41, 5.74) is 0. The molecule has 78 valence electrons. The number of aryl methyl sites for hydroxylation is 1. The molecule has 0 fully saturated rings. The molecule has 0 amide bonds. The summed E-state index contributed by atoms with van der Waals surface area (Å²) >= 11 is 0. The van der Waals surface area contributed by atoms with Gasteiger partial charge in [-0.25, -0.2) is 19.6 Å². The van der Waals surface area contributed by atoms with Crippen LogP contribution >= 0.6 is 0 Å². The Morgan fingerprint density at radius 3 is 2.93 bits per heavy atom. The van der Waals surface area contributed by atoms with Gasteiger partial charge in [0.1, 0.15) is 24.3 Å². The maximum Gasteiger partial charge on any atom is 0.160 e. The molecular formula is C9H12N6. The molecule has 0 spiro atoms. The van der Waals surface area contributed by atoms with E-state index in [1.807, 2.05) is 19.9 Å². The Morgan fingerprint density at radius 1 is 1.40 bits per heavy atom. The van der Waals surface area contributed by atoms with Crippen LogP contribution in [0.5, 0.6) is 0 Å². The van der Waals surface area contributed by atoms with Crippen molar-refractivity contribution >= 4 is 5.82 Å². The zero-order valence-electron chi connectivity index (χ0n) is 8.68. The maximum atomic E-state index is 4.27. The normalized spacial score (nSPS) is 10.3. The Hall–Kier alpha value is -1.98. The van der Waals surface area contributed by atoms with Gasteiger partial charge < -0.3 is 5.32 Å². The summed E-state index contributed by atoms with van der Waals surface area (Å²) in [4.78, 5) is 12.4. The van der Waals surface area contributed by atoms with Crippen molar-refractivity contribution in [3.05, 3.63) is 24.5 Å². The first-order valence-corrected chi connectivity index (χ1v) is 4.74. The fourth-order valence-corrected chi connectivity index (χ4v) is 1.27. The molecule has 1 N–H and O–H groups in total. The van der Waals surface area contributed by atoms with Crippen LogP contribution in [-0.2, 0) is 0 Å². The van der Waals surface area contributed by atoms with Crippen LogP contribution in [0.15, 0.2) is 18.7 Å². The van der Waals surface area contributed by atoms with Crippen LogP contribution < -0.4 is 5.32 Å². The van der Waals surface area contributed by atoms with Gasteiger partial charge in [0.2, 0.25) is 0 Å². The first-order valence-electron chi connectivity index (χ1n) is 4.74. The van der Waals surface area contributed by atoms with Gasteiger partial charge in [0, 0.05) is 12.6 Å². The highest BCUT2D eigenvalue weighted by Gasteiger charge is 2.03. The zero-order chi connectivity index (χ0) is 10.7. The molecule has 2 aromatic heterocycles. The predicted octanol–water partition coefficient (Wildman–Crippen LogP) is 0.798. The Balaban J connectivity index is 2.40. The lowest BCUT2D eigenvalue weighted by atomic mass is 10.5. The van der Waals surface area contributed by atoms with E-state index in [4.69, 9.17) is 0 Å². The highest BCUT2D eigenvalue weighted by Crippen LogP contribution is 2.08. The number of hydrogen-bond donors (Lipinski definition) is 1.